The van der Waals surface area contributed by atoms with Crippen molar-refractivity contribution in [3.05, 3.63) is 52.4 Å². The molecule has 2 aliphatic heterocycles. The number of hydrogen-bond acceptors (Lipinski definition) is 4. The van der Waals surface area contributed by atoms with E-state index in [1.165, 1.54) is 0 Å². The second kappa shape index (κ2) is 6.61. The van der Waals surface area contributed by atoms with Crippen LogP contribution < -0.4 is 10.1 Å². The summed E-state index contributed by atoms with van der Waals surface area (Å²) in [4.78, 5) is 14.5. The third-order valence-corrected chi connectivity index (χ3v) is 5.22. The highest BCUT2D eigenvalue weighted by molar-refractivity contribution is 9.10. The third-order valence-electron chi connectivity index (χ3n) is 4.73. The first kappa shape index (κ1) is 15.7. The second-order valence-electron chi connectivity index (χ2n) is 6.40. The summed E-state index contributed by atoms with van der Waals surface area (Å²) in [5, 5.41) is 3.38. The van der Waals surface area contributed by atoms with Gasteiger partial charge in [-0.05, 0) is 42.2 Å². The number of hydrogen-bond donors (Lipinski definition) is 1. The lowest BCUT2D eigenvalue weighted by Crippen LogP contribution is -2.31. The molecule has 2 aromatic rings. The summed E-state index contributed by atoms with van der Waals surface area (Å²) >= 11 is 3.41. The molecule has 0 radical (unpaired) electrons. The highest BCUT2D eigenvalue weighted by atomic mass is 79.9. The van der Waals surface area contributed by atoms with Gasteiger partial charge in [0.2, 0.25) is 0 Å². The molecule has 2 aliphatic rings. The number of amides is 1. The van der Waals surface area contributed by atoms with Crippen LogP contribution in [0, 0.1) is 11.8 Å². The Labute approximate surface area is 149 Å². The zero-order chi connectivity index (χ0) is 16.5. The minimum Gasteiger partial charge on any atom is -0.486 e. The van der Waals surface area contributed by atoms with Crippen LogP contribution in [0.5, 0.6) is 5.75 Å². The molecule has 1 aromatic heterocycles. The number of likely N-dealkylation sites (tertiary alicyclic amines) is 1. The van der Waals surface area contributed by atoms with Gasteiger partial charge in [-0.1, -0.05) is 22.0 Å². The Morgan fingerprint density at radius 2 is 2.04 bits per heavy atom. The Kier molecular flexibility index (Phi) is 4.33. The molecule has 1 amide bonds. The van der Waals surface area contributed by atoms with E-state index in [1.54, 1.807) is 6.07 Å². The number of benzene rings is 1. The van der Waals surface area contributed by atoms with Crippen molar-refractivity contribution in [1.29, 1.82) is 0 Å². The lowest BCUT2D eigenvalue weighted by molar-refractivity contribution is 0.0746. The molecule has 3 heterocycles. The van der Waals surface area contributed by atoms with Crippen LogP contribution in [-0.4, -0.2) is 37.0 Å². The summed E-state index contributed by atoms with van der Waals surface area (Å²) in [5.74, 6) is 2.97. The number of carbonyl (C=O) groups is 1. The Balaban J connectivity index is 1.37. The molecule has 6 heteroatoms. The van der Waals surface area contributed by atoms with Crippen molar-refractivity contribution in [2.24, 2.45) is 11.8 Å². The molecule has 2 saturated heterocycles. The first-order valence-electron chi connectivity index (χ1n) is 8.16. The number of carbonyl (C=O) groups excluding carboxylic acids is 1. The van der Waals surface area contributed by atoms with E-state index >= 15 is 0 Å². The maximum atomic E-state index is 12.6. The average Bonchev–Trinajstić information content (AvgIpc) is 3.28. The van der Waals surface area contributed by atoms with Gasteiger partial charge in [0.25, 0.3) is 5.91 Å². The van der Waals surface area contributed by atoms with E-state index < -0.39 is 0 Å². The lowest BCUT2D eigenvalue weighted by atomic mass is 10.0. The van der Waals surface area contributed by atoms with Crippen LogP contribution in [0.25, 0.3) is 0 Å². The van der Waals surface area contributed by atoms with Gasteiger partial charge in [-0.2, -0.15) is 0 Å². The maximum Gasteiger partial charge on any atom is 0.289 e. The fourth-order valence-electron chi connectivity index (χ4n) is 3.46. The number of rotatable bonds is 4. The van der Waals surface area contributed by atoms with Gasteiger partial charge in [0.1, 0.15) is 18.1 Å². The normalized spacial score (nSPS) is 22.6. The number of nitrogens with zero attached hydrogens (tertiary/aromatic N) is 1. The topological polar surface area (TPSA) is 54.7 Å². The molecule has 5 nitrogen and oxygen atoms in total. The molecular weight excluding hydrogens is 372 g/mol. The van der Waals surface area contributed by atoms with Crippen molar-refractivity contribution in [3.63, 3.8) is 0 Å². The first-order chi connectivity index (χ1) is 11.7. The van der Waals surface area contributed by atoms with E-state index in [0.717, 1.165) is 36.4 Å². The van der Waals surface area contributed by atoms with Gasteiger partial charge < -0.3 is 19.4 Å². The predicted molar refractivity (Wildman–Crippen MR) is 92.9 cm³/mol. The van der Waals surface area contributed by atoms with Gasteiger partial charge in [-0.3, -0.25) is 4.79 Å². The van der Waals surface area contributed by atoms with Gasteiger partial charge in [-0.15, -0.1) is 0 Å². The molecule has 0 bridgehead atoms. The van der Waals surface area contributed by atoms with Crippen LogP contribution in [-0.2, 0) is 6.61 Å². The summed E-state index contributed by atoms with van der Waals surface area (Å²) < 4.78 is 12.3. The summed E-state index contributed by atoms with van der Waals surface area (Å²) in [7, 11) is 0. The second-order valence-corrected chi connectivity index (χ2v) is 7.32. The number of nitrogens with one attached hydrogen (secondary N) is 1. The third kappa shape index (κ3) is 3.21. The van der Waals surface area contributed by atoms with Gasteiger partial charge in [0, 0.05) is 30.7 Å². The fraction of sp³-hybridized carbons (Fsp3) is 0.389. The van der Waals surface area contributed by atoms with Gasteiger partial charge in [0.15, 0.2) is 5.76 Å². The molecule has 126 valence electrons. The highest BCUT2D eigenvalue weighted by Gasteiger charge is 2.38. The van der Waals surface area contributed by atoms with E-state index in [2.05, 4.69) is 21.2 Å². The van der Waals surface area contributed by atoms with E-state index in [1.807, 2.05) is 35.2 Å². The van der Waals surface area contributed by atoms with E-state index in [0.29, 0.717) is 30.0 Å². The van der Waals surface area contributed by atoms with Crippen LogP contribution in [0.2, 0.25) is 0 Å². The van der Waals surface area contributed by atoms with E-state index in [9.17, 15) is 4.79 Å². The average molecular weight is 391 g/mol. The molecule has 0 unspecified atom stereocenters. The first-order valence-corrected chi connectivity index (χ1v) is 8.95. The minimum atomic E-state index is -0.0156. The molecule has 1 N–H and O–H groups in total. The maximum absolute atomic E-state index is 12.6. The van der Waals surface area contributed by atoms with Crippen LogP contribution >= 0.6 is 15.9 Å². The molecule has 0 aliphatic carbocycles. The molecule has 2 fully saturated rings. The largest absolute Gasteiger partial charge is 0.486 e. The molecular formula is C18H19BrN2O3. The Morgan fingerprint density at radius 3 is 2.79 bits per heavy atom. The quantitative estimate of drug-likeness (QED) is 0.871. The molecule has 0 spiro atoms. The van der Waals surface area contributed by atoms with Crippen molar-refractivity contribution in [3.8, 4) is 5.75 Å². The number of fused-ring (bicyclic) bond motifs is 1. The number of halogens is 1. The number of ether oxygens (including phenoxy) is 1. The van der Waals surface area contributed by atoms with Crippen molar-refractivity contribution in [1.82, 2.24) is 10.2 Å². The van der Waals surface area contributed by atoms with Crippen molar-refractivity contribution in [2.45, 2.75) is 6.61 Å². The summed E-state index contributed by atoms with van der Waals surface area (Å²) in [5.41, 5.74) is 0. The van der Waals surface area contributed by atoms with Gasteiger partial charge >= 0.3 is 0 Å². The molecule has 0 saturated carbocycles. The Bertz CT molecular complexity index is 733. The molecule has 2 atom stereocenters. The zero-order valence-corrected chi connectivity index (χ0v) is 14.8. The standard InChI is InChI=1S/C18H19BrN2O3/c19-14-2-1-3-15(6-14)23-11-16-4-5-17(24-16)18(22)21-9-12-7-20-8-13(12)10-21/h1-6,12-13,20H,7-11H2/t12-,13+. The Hall–Kier alpha value is -1.79. The van der Waals surface area contributed by atoms with Crippen LogP contribution in [0.4, 0.5) is 0 Å². The van der Waals surface area contributed by atoms with E-state index in [-0.39, 0.29) is 5.91 Å². The minimum absolute atomic E-state index is 0.0156. The summed E-state index contributed by atoms with van der Waals surface area (Å²) in [6.07, 6.45) is 0. The van der Waals surface area contributed by atoms with E-state index in [4.69, 9.17) is 9.15 Å². The Morgan fingerprint density at radius 1 is 1.25 bits per heavy atom. The number of furan rings is 1. The fourth-order valence-corrected chi connectivity index (χ4v) is 3.84. The van der Waals surface area contributed by atoms with Crippen molar-refractivity contribution < 1.29 is 13.9 Å². The molecule has 24 heavy (non-hydrogen) atoms. The highest BCUT2D eigenvalue weighted by Crippen LogP contribution is 2.28. The predicted octanol–water partition coefficient (Wildman–Crippen LogP) is 2.91. The molecule has 1 aromatic carbocycles. The monoisotopic (exact) mass is 390 g/mol. The summed E-state index contributed by atoms with van der Waals surface area (Å²) in [6, 6.07) is 11.2. The van der Waals surface area contributed by atoms with Crippen LogP contribution in [0.3, 0.4) is 0 Å². The van der Waals surface area contributed by atoms with Crippen molar-refractivity contribution in [2.75, 3.05) is 26.2 Å². The van der Waals surface area contributed by atoms with Crippen LogP contribution in [0.1, 0.15) is 16.3 Å². The van der Waals surface area contributed by atoms with Crippen molar-refractivity contribution >= 4 is 21.8 Å². The lowest BCUT2D eigenvalue weighted by Gasteiger charge is -2.15. The summed E-state index contributed by atoms with van der Waals surface area (Å²) in [6.45, 7) is 3.97. The van der Waals surface area contributed by atoms with Gasteiger partial charge in [0.05, 0.1) is 0 Å². The SMILES string of the molecule is O=C(c1ccc(COc2cccc(Br)c2)o1)N1C[C@H]2CNC[C@H]2C1. The molecule has 4 rings (SSSR count). The van der Waals surface area contributed by atoms with Crippen LogP contribution in [0.15, 0.2) is 45.3 Å². The zero-order valence-electron chi connectivity index (χ0n) is 13.2. The smallest absolute Gasteiger partial charge is 0.289 e. The van der Waals surface area contributed by atoms with Gasteiger partial charge in [-0.25, -0.2) is 0 Å².